The van der Waals surface area contributed by atoms with Gasteiger partial charge in [-0.2, -0.15) is 15.8 Å². The van der Waals surface area contributed by atoms with Gasteiger partial charge in [-0.1, -0.05) is 54.6 Å². The fourth-order valence-corrected chi connectivity index (χ4v) is 18.4. The van der Waals surface area contributed by atoms with Gasteiger partial charge in [0.1, 0.15) is 59.4 Å². The molecule has 3 fully saturated rings. The Hall–Kier alpha value is -10.2. The van der Waals surface area contributed by atoms with Crippen LogP contribution in [0.3, 0.4) is 0 Å². The lowest BCUT2D eigenvalue weighted by atomic mass is 10.0. The number of thiazole rings is 2. The second kappa shape index (κ2) is 30.8. The molecule has 1 N–H and O–H groups in total. The highest BCUT2D eigenvalue weighted by molar-refractivity contribution is 14.1. The molecule has 11 heterocycles. The van der Waals surface area contributed by atoms with Crippen LogP contribution < -0.4 is 14.2 Å². The Kier molecular flexibility index (Phi) is 20.9. The topological polar surface area (TPSA) is 285 Å². The van der Waals surface area contributed by atoms with Gasteiger partial charge in [-0.25, -0.2) is 49.7 Å². The lowest BCUT2D eigenvalue weighted by Gasteiger charge is -2.24. The molecule has 0 aliphatic carbocycles. The molecule has 103 heavy (non-hydrogen) atoms. The SMILES string of the molecule is Cc1ncc(-c2cc3c(-c4ccc(OC5CCOCC5)c(C#N)c4)ccnc3[nH]2)s1.Cc1ncc(-c2cc3c(-c4ccc(OC5CCOCC5)c(C#N)c4)ccnc3n2S(=O)(=O)c2ccccc2)s1.N#Cc1cc(-c2ccnc3c2cc(I)n3S(=O)(=O)c2ccccc2)ccc1OC1CCOCC1. The molecule has 3 saturated heterocycles. The minimum Gasteiger partial charge on any atom is -0.489 e. The van der Waals surface area contributed by atoms with Crippen molar-refractivity contribution in [3.63, 3.8) is 0 Å². The van der Waals surface area contributed by atoms with E-state index in [1.165, 1.54) is 19.3 Å². The number of hydrogen-bond donors (Lipinski definition) is 1. The first kappa shape index (κ1) is 69.9. The average Bonchev–Trinajstić information content (AvgIpc) is 1.61. The second-order valence-electron chi connectivity index (χ2n) is 24.4. The number of rotatable bonds is 15. The Balaban J connectivity index is 0.000000132. The van der Waals surface area contributed by atoms with Crippen molar-refractivity contribution in [3.05, 3.63) is 213 Å². The van der Waals surface area contributed by atoms with Crippen molar-refractivity contribution in [2.75, 3.05) is 39.6 Å². The van der Waals surface area contributed by atoms with Crippen LogP contribution in [0.1, 0.15) is 65.2 Å². The Labute approximate surface area is 615 Å². The maximum absolute atomic E-state index is 13.9. The lowest BCUT2D eigenvalue weighted by molar-refractivity contribution is 0.0252. The normalized spacial score (nSPS) is 14.6. The minimum absolute atomic E-state index is 0.00646. The second-order valence-corrected chi connectivity index (χ2v) is 31.5. The van der Waals surface area contributed by atoms with Gasteiger partial charge in [0.15, 0.2) is 11.3 Å². The van der Waals surface area contributed by atoms with Gasteiger partial charge in [0.2, 0.25) is 0 Å². The van der Waals surface area contributed by atoms with E-state index < -0.39 is 20.0 Å². The molecular formula is C77H64IN11O10S4. The molecule has 0 amide bonds. The summed E-state index contributed by atoms with van der Waals surface area (Å²) < 4.78 is 92.1. The summed E-state index contributed by atoms with van der Waals surface area (Å²) in [5.41, 5.74) is 9.42. The van der Waals surface area contributed by atoms with Crippen LogP contribution in [0, 0.1) is 51.5 Å². The number of nitriles is 3. The average molecular weight is 1560 g/mol. The molecule has 3 aliphatic rings. The summed E-state index contributed by atoms with van der Waals surface area (Å²) in [5.74, 6) is 1.71. The van der Waals surface area contributed by atoms with Crippen LogP contribution in [0.5, 0.6) is 17.2 Å². The molecule has 21 nitrogen and oxygen atoms in total. The largest absolute Gasteiger partial charge is 0.489 e. The van der Waals surface area contributed by atoms with Crippen molar-refractivity contribution in [1.82, 2.24) is 37.8 Å². The smallest absolute Gasteiger partial charge is 0.270 e. The molecule has 16 rings (SSSR count). The first-order valence-electron chi connectivity index (χ1n) is 33.1. The molecule has 5 aromatic carbocycles. The highest BCUT2D eigenvalue weighted by atomic mass is 127. The van der Waals surface area contributed by atoms with Gasteiger partial charge < -0.3 is 33.4 Å². The Morgan fingerprint density at radius 1 is 0.476 bits per heavy atom. The monoisotopic (exact) mass is 1560 g/mol. The number of aromatic nitrogens is 8. The zero-order chi connectivity index (χ0) is 71.2. The Morgan fingerprint density at radius 2 is 0.874 bits per heavy atom. The maximum atomic E-state index is 13.9. The van der Waals surface area contributed by atoms with E-state index in [1.54, 1.807) is 127 Å². The molecule has 3 aliphatic heterocycles. The molecule has 0 bridgehead atoms. The summed E-state index contributed by atoms with van der Waals surface area (Å²) in [6, 6.07) is 51.5. The first-order valence-corrected chi connectivity index (χ1v) is 38.7. The van der Waals surface area contributed by atoms with Gasteiger partial charge in [-0.15, -0.1) is 22.7 Å². The number of benzene rings is 5. The summed E-state index contributed by atoms with van der Waals surface area (Å²) in [4.78, 5) is 27.6. The molecule has 13 aromatic rings. The number of halogens is 1. The summed E-state index contributed by atoms with van der Waals surface area (Å²) >= 11 is 5.07. The van der Waals surface area contributed by atoms with Crippen LogP contribution in [0.15, 0.2) is 192 Å². The van der Waals surface area contributed by atoms with Crippen molar-refractivity contribution in [3.8, 4) is 90.0 Å². The van der Waals surface area contributed by atoms with Gasteiger partial charge in [-0.05, 0) is 167 Å². The van der Waals surface area contributed by atoms with Crippen LogP contribution >= 0.6 is 45.3 Å². The van der Waals surface area contributed by atoms with E-state index in [4.69, 9.17) is 28.4 Å². The number of hydrogen-bond acceptors (Lipinski definition) is 20. The van der Waals surface area contributed by atoms with Crippen LogP contribution in [0.4, 0.5) is 0 Å². The zero-order valence-corrected chi connectivity index (χ0v) is 61.0. The van der Waals surface area contributed by atoms with E-state index in [-0.39, 0.29) is 28.1 Å². The number of H-pyrrole nitrogens is 1. The Morgan fingerprint density at radius 3 is 1.30 bits per heavy atom. The summed E-state index contributed by atoms with van der Waals surface area (Å²) in [6.07, 6.45) is 13.5. The molecule has 0 atom stereocenters. The van der Waals surface area contributed by atoms with E-state index in [0.29, 0.717) is 110 Å². The molecule has 0 spiro atoms. The number of ether oxygens (including phenoxy) is 6. The van der Waals surface area contributed by atoms with Crippen molar-refractivity contribution < 1.29 is 45.3 Å². The number of aromatic amines is 1. The standard InChI is InChI=1S/C29H24N4O4S2.C25H20IN3O4S.C23H20N4O2S/c1-19-32-18-28(38-19)26-16-25-24(9-12-31-29(25)33(26)39(34,35)23-5-3-2-4-6-23)20-7-8-27(21(15-20)17-30)37-22-10-13-36-14-11-22;26-24-15-22-21(8-11-28-25(22)29(24)34(30,31)20-4-2-1-3-5-20)17-6-7-23(18(14-17)16-27)33-19-9-12-32-13-10-19;1-14-26-13-22(30-14)20-11-19-18(4-7-25-23(19)27-20)15-2-3-21(16(10-15)12-24)29-17-5-8-28-9-6-17/h2-9,12,15-16,18,22H,10-11,13-14H2,1H3;1-8,11,14-15,19H,9-10,12-13H2;2-4,7,10-11,13,17H,5-6,8-9H2,1H3,(H,25,27). The van der Waals surface area contributed by atoms with Gasteiger partial charge in [-0.3, -0.25) is 0 Å². The van der Waals surface area contributed by atoms with E-state index in [0.717, 1.165) is 104 Å². The molecule has 518 valence electrons. The van der Waals surface area contributed by atoms with Crippen LogP contribution in [0.2, 0.25) is 0 Å². The minimum atomic E-state index is -3.98. The molecule has 0 saturated carbocycles. The summed E-state index contributed by atoms with van der Waals surface area (Å²) in [6.45, 7) is 7.87. The number of fused-ring (bicyclic) bond motifs is 3. The molecule has 0 radical (unpaired) electrons. The van der Waals surface area contributed by atoms with Gasteiger partial charge in [0.05, 0.1) is 101 Å². The van der Waals surface area contributed by atoms with Gasteiger partial charge >= 0.3 is 0 Å². The molecular weight excluding hydrogens is 1490 g/mol. The lowest BCUT2D eigenvalue weighted by Crippen LogP contribution is -2.26. The third kappa shape index (κ3) is 14.9. The van der Waals surface area contributed by atoms with Crippen molar-refractivity contribution in [1.29, 1.82) is 15.8 Å². The summed E-state index contributed by atoms with van der Waals surface area (Å²) in [5, 5.41) is 33.6. The van der Waals surface area contributed by atoms with E-state index in [1.807, 2.05) is 97.2 Å². The highest BCUT2D eigenvalue weighted by Crippen LogP contribution is 2.42. The highest BCUT2D eigenvalue weighted by Gasteiger charge is 2.30. The zero-order valence-electron chi connectivity index (χ0n) is 55.6. The number of nitrogens with one attached hydrogen (secondary N) is 1. The van der Waals surface area contributed by atoms with Gasteiger partial charge in [0.25, 0.3) is 20.0 Å². The fraction of sp³-hybridized carbons (Fsp3) is 0.221. The molecule has 26 heteroatoms. The maximum Gasteiger partial charge on any atom is 0.270 e. The number of pyridine rings is 3. The first-order chi connectivity index (χ1) is 50.1. The third-order valence-corrected chi connectivity index (χ3v) is 24.2. The van der Waals surface area contributed by atoms with E-state index in [9.17, 15) is 32.6 Å². The van der Waals surface area contributed by atoms with Crippen molar-refractivity contribution in [2.24, 2.45) is 0 Å². The molecule has 0 unspecified atom stereocenters. The fourth-order valence-electron chi connectivity index (χ4n) is 12.6. The predicted molar refractivity (Wildman–Crippen MR) is 402 cm³/mol. The summed E-state index contributed by atoms with van der Waals surface area (Å²) in [7, 11) is -7.80. The Bertz CT molecular complexity index is 5660. The van der Waals surface area contributed by atoms with Crippen molar-refractivity contribution in [2.45, 2.75) is 80.5 Å². The van der Waals surface area contributed by atoms with E-state index >= 15 is 0 Å². The van der Waals surface area contributed by atoms with Crippen LogP contribution in [-0.4, -0.2) is 113 Å². The quantitative estimate of drug-likeness (QED) is 0.0933. The van der Waals surface area contributed by atoms with Crippen LogP contribution in [0.25, 0.3) is 87.6 Å². The third-order valence-electron chi connectivity index (χ3n) is 17.8. The van der Waals surface area contributed by atoms with Gasteiger partial charge in [0, 0.05) is 85.7 Å². The van der Waals surface area contributed by atoms with Crippen molar-refractivity contribution >= 4 is 98.4 Å². The van der Waals surface area contributed by atoms with Crippen LogP contribution in [-0.2, 0) is 34.3 Å². The van der Waals surface area contributed by atoms with E-state index in [2.05, 4.69) is 54.2 Å². The predicted octanol–water partition coefficient (Wildman–Crippen LogP) is 15.9. The number of nitrogens with zero attached hydrogens (tertiary/aromatic N) is 10. The number of aryl methyl sites for hydroxylation is 2. The molecule has 8 aromatic heterocycles.